The standard InChI is InChI=1S/C16H17FN2O/c1-12(13-6-5-7-14(17)10-13)18-11-16(20)19-15-8-3-2-4-9-15/h2-10,12,18H,11H2,1H3,(H,19,20). The molecule has 20 heavy (non-hydrogen) atoms. The molecular weight excluding hydrogens is 255 g/mol. The van der Waals surface area contributed by atoms with Crippen LogP contribution >= 0.6 is 0 Å². The Hall–Kier alpha value is -2.20. The summed E-state index contributed by atoms with van der Waals surface area (Å²) in [5.41, 5.74) is 1.58. The highest BCUT2D eigenvalue weighted by Gasteiger charge is 2.08. The van der Waals surface area contributed by atoms with Crippen LogP contribution in [0, 0.1) is 5.82 Å². The van der Waals surface area contributed by atoms with Crippen LogP contribution in [0.4, 0.5) is 10.1 Å². The van der Waals surface area contributed by atoms with Crippen molar-refractivity contribution in [2.24, 2.45) is 0 Å². The molecule has 2 N–H and O–H groups in total. The summed E-state index contributed by atoms with van der Waals surface area (Å²) >= 11 is 0. The second-order valence-electron chi connectivity index (χ2n) is 4.57. The van der Waals surface area contributed by atoms with Crippen molar-refractivity contribution >= 4 is 11.6 Å². The Labute approximate surface area is 117 Å². The van der Waals surface area contributed by atoms with Gasteiger partial charge in [0.25, 0.3) is 0 Å². The lowest BCUT2D eigenvalue weighted by Gasteiger charge is -2.14. The van der Waals surface area contributed by atoms with Crippen molar-refractivity contribution in [3.05, 3.63) is 66.0 Å². The maximum Gasteiger partial charge on any atom is 0.238 e. The summed E-state index contributed by atoms with van der Waals surface area (Å²) in [5, 5.41) is 5.85. The molecule has 0 bridgehead atoms. The molecule has 2 aromatic rings. The van der Waals surface area contributed by atoms with Gasteiger partial charge in [-0.15, -0.1) is 0 Å². The number of hydrogen-bond donors (Lipinski definition) is 2. The topological polar surface area (TPSA) is 41.1 Å². The van der Waals surface area contributed by atoms with Crippen LogP contribution in [-0.4, -0.2) is 12.5 Å². The van der Waals surface area contributed by atoms with Gasteiger partial charge in [-0.1, -0.05) is 30.3 Å². The van der Waals surface area contributed by atoms with Crippen LogP contribution in [0.15, 0.2) is 54.6 Å². The first-order chi connectivity index (χ1) is 9.65. The van der Waals surface area contributed by atoms with Crippen molar-refractivity contribution in [3.63, 3.8) is 0 Å². The summed E-state index contributed by atoms with van der Waals surface area (Å²) in [5.74, 6) is -0.399. The average Bonchev–Trinajstić information content (AvgIpc) is 2.46. The van der Waals surface area contributed by atoms with Gasteiger partial charge in [-0.25, -0.2) is 4.39 Å². The van der Waals surface area contributed by atoms with Gasteiger partial charge in [-0.3, -0.25) is 4.79 Å². The SMILES string of the molecule is CC(NCC(=O)Nc1ccccc1)c1cccc(F)c1. The molecule has 0 aromatic heterocycles. The molecule has 104 valence electrons. The minimum atomic E-state index is -0.273. The molecule has 1 unspecified atom stereocenters. The summed E-state index contributed by atoms with van der Waals surface area (Å²) in [6.07, 6.45) is 0. The zero-order chi connectivity index (χ0) is 14.4. The first-order valence-electron chi connectivity index (χ1n) is 6.49. The summed E-state index contributed by atoms with van der Waals surface area (Å²) < 4.78 is 13.1. The molecular formula is C16H17FN2O. The van der Waals surface area contributed by atoms with Crippen LogP contribution < -0.4 is 10.6 Å². The number of carbonyl (C=O) groups is 1. The lowest BCUT2D eigenvalue weighted by Crippen LogP contribution is -2.30. The molecule has 0 fully saturated rings. The van der Waals surface area contributed by atoms with E-state index in [0.717, 1.165) is 11.3 Å². The van der Waals surface area contributed by atoms with Crippen LogP contribution in [0.3, 0.4) is 0 Å². The Bertz CT molecular complexity index is 572. The van der Waals surface area contributed by atoms with Crippen molar-refractivity contribution in [3.8, 4) is 0 Å². The number of halogens is 1. The quantitative estimate of drug-likeness (QED) is 0.878. The Morgan fingerprint density at radius 2 is 1.90 bits per heavy atom. The molecule has 0 saturated heterocycles. The molecule has 0 aliphatic heterocycles. The molecule has 1 amide bonds. The van der Waals surface area contributed by atoms with E-state index in [1.165, 1.54) is 12.1 Å². The van der Waals surface area contributed by atoms with E-state index in [0.29, 0.717) is 0 Å². The van der Waals surface area contributed by atoms with Crippen LogP contribution in [0.5, 0.6) is 0 Å². The van der Waals surface area contributed by atoms with Gasteiger partial charge in [0.05, 0.1) is 6.54 Å². The molecule has 0 radical (unpaired) electrons. The summed E-state index contributed by atoms with van der Waals surface area (Å²) in [7, 11) is 0. The zero-order valence-corrected chi connectivity index (χ0v) is 11.3. The summed E-state index contributed by atoms with van der Waals surface area (Å²) in [6.45, 7) is 2.07. The predicted octanol–water partition coefficient (Wildman–Crippen LogP) is 3.12. The van der Waals surface area contributed by atoms with E-state index >= 15 is 0 Å². The normalized spacial score (nSPS) is 11.9. The van der Waals surface area contributed by atoms with Crippen molar-refractivity contribution in [2.75, 3.05) is 11.9 Å². The average molecular weight is 272 g/mol. The number of rotatable bonds is 5. The highest BCUT2D eigenvalue weighted by Crippen LogP contribution is 2.13. The Kier molecular flexibility index (Phi) is 4.85. The fourth-order valence-electron chi connectivity index (χ4n) is 1.87. The van der Waals surface area contributed by atoms with Gasteiger partial charge in [0.15, 0.2) is 0 Å². The van der Waals surface area contributed by atoms with Gasteiger partial charge in [-0.2, -0.15) is 0 Å². The monoisotopic (exact) mass is 272 g/mol. The van der Waals surface area contributed by atoms with Crippen molar-refractivity contribution in [2.45, 2.75) is 13.0 Å². The highest BCUT2D eigenvalue weighted by molar-refractivity contribution is 5.92. The van der Waals surface area contributed by atoms with Crippen molar-refractivity contribution < 1.29 is 9.18 Å². The molecule has 0 spiro atoms. The van der Waals surface area contributed by atoms with Crippen LogP contribution in [0.2, 0.25) is 0 Å². The number of carbonyl (C=O) groups excluding carboxylic acids is 1. The van der Waals surface area contributed by atoms with Crippen molar-refractivity contribution in [1.29, 1.82) is 0 Å². The maximum atomic E-state index is 13.1. The minimum absolute atomic E-state index is 0.0905. The second kappa shape index (κ2) is 6.82. The van der Waals surface area contributed by atoms with Crippen LogP contribution in [0.1, 0.15) is 18.5 Å². The van der Waals surface area contributed by atoms with Gasteiger partial charge in [0.1, 0.15) is 5.82 Å². The van der Waals surface area contributed by atoms with Crippen LogP contribution in [-0.2, 0) is 4.79 Å². The first kappa shape index (κ1) is 14.2. The van der Waals surface area contributed by atoms with E-state index in [1.54, 1.807) is 6.07 Å². The smallest absolute Gasteiger partial charge is 0.238 e. The van der Waals surface area contributed by atoms with Gasteiger partial charge < -0.3 is 10.6 Å². The van der Waals surface area contributed by atoms with Crippen molar-refractivity contribution in [1.82, 2.24) is 5.32 Å². The molecule has 2 aromatic carbocycles. The minimum Gasteiger partial charge on any atom is -0.325 e. The lowest BCUT2D eigenvalue weighted by molar-refractivity contribution is -0.115. The summed E-state index contributed by atoms with van der Waals surface area (Å²) in [6, 6.07) is 15.5. The predicted molar refractivity (Wildman–Crippen MR) is 77.9 cm³/mol. The number of benzene rings is 2. The van der Waals surface area contributed by atoms with E-state index in [4.69, 9.17) is 0 Å². The maximum absolute atomic E-state index is 13.1. The fourth-order valence-corrected chi connectivity index (χ4v) is 1.87. The lowest BCUT2D eigenvalue weighted by atomic mass is 10.1. The molecule has 4 heteroatoms. The number of nitrogens with one attached hydrogen (secondary N) is 2. The summed E-state index contributed by atoms with van der Waals surface area (Å²) in [4.78, 5) is 11.8. The first-order valence-corrected chi connectivity index (χ1v) is 6.49. The highest BCUT2D eigenvalue weighted by atomic mass is 19.1. The van der Waals surface area contributed by atoms with Crippen LogP contribution in [0.25, 0.3) is 0 Å². The van der Waals surface area contributed by atoms with E-state index in [1.807, 2.05) is 43.3 Å². The number of anilines is 1. The third-order valence-corrected chi connectivity index (χ3v) is 2.98. The molecule has 3 nitrogen and oxygen atoms in total. The van der Waals surface area contributed by atoms with Gasteiger partial charge in [-0.05, 0) is 36.8 Å². The largest absolute Gasteiger partial charge is 0.325 e. The van der Waals surface area contributed by atoms with E-state index in [-0.39, 0.29) is 24.3 Å². The Morgan fingerprint density at radius 3 is 2.60 bits per heavy atom. The molecule has 0 aliphatic carbocycles. The number of amides is 1. The van der Waals surface area contributed by atoms with E-state index in [9.17, 15) is 9.18 Å². The molecule has 0 aliphatic rings. The van der Waals surface area contributed by atoms with E-state index < -0.39 is 0 Å². The molecule has 0 saturated carbocycles. The fraction of sp³-hybridized carbons (Fsp3) is 0.188. The van der Waals surface area contributed by atoms with E-state index in [2.05, 4.69) is 10.6 Å². The zero-order valence-electron chi connectivity index (χ0n) is 11.3. The molecule has 0 heterocycles. The number of hydrogen-bond acceptors (Lipinski definition) is 2. The third kappa shape index (κ3) is 4.17. The van der Waals surface area contributed by atoms with Gasteiger partial charge in [0.2, 0.25) is 5.91 Å². The van der Waals surface area contributed by atoms with Gasteiger partial charge >= 0.3 is 0 Å². The molecule has 2 rings (SSSR count). The molecule has 1 atom stereocenters. The van der Waals surface area contributed by atoms with Gasteiger partial charge in [0, 0.05) is 11.7 Å². The Balaban J connectivity index is 1.84. The Morgan fingerprint density at radius 1 is 1.15 bits per heavy atom. The number of para-hydroxylation sites is 1. The second-order valence-corrected chi connectivity index (χ2v) is 4.57. The third-order valence-electron chi connectivity index (χ3n) is 2.98.